The molecule has 1 aromatic carbocycles. The van der Waals surface area contributed by atoms with E-state index in [0.717, 1.165) is 6.07 Å². The summed E-state index contributed by atoms with van der Waals surface area (Å²) >= 11 is 0. The number of methoxy groups -OCH3 is 1. The van der Waals surface area contributed by atoms with E-state index in [4.69, 9.17) is 9.84 Å². The van der Waals surface area contributed by atoms with Crippen LogP contribution in [0.15, 0.2) is 22.7 Å². The van der Waals surface area contributed by atoms with Crippen molar-refractivity contribution in [1.82, 2.24) is 5.16 Å². The first-order valence-corrected chi connectivity index (χ1v) is 5.08. The van der Waals surface area contributed by atoms with Crippen molar-refractivity contribution in [2.24, 2.45) is 0 Å². The minimum absolute atomic E-state index is 0.0884. The molecule has 2 aromatic rings. The number of ether oxygens (including phenoxy) is 1. The molecule has 0 aliphatic carbocycles. The Kier molecular flexibility index (Phi) is 3.01. The molecule has 6 heteroatoms. The minimum Gasteiger partial charge on any atom is -0.496 e. The summed E-state index contributed by atoms with van der Waals surface area (Å²) in [5, 5.41) is 12.3. The van der Waals surface area contributed by atoms with E-state index < -0.39 is 11.8 Å². The molecule has 0 radical (unpaired) electrons. The van der Waals surface area contributed by atoms with E-state index in [-0.39, 0.29) is 22.8 Å². The Labute approximate surface area is 102 Å². The number of aromatic nitrogens is 1. The van der Waals surface area contributed by atoms with Gasteiger partial charge in [-0.2, -0.15) is 0 Å². The summed E-state index contributed by atoms with van der Waals surface area (Å²) in [7, 11) is 1.39. The number of benzene rings is 1. The van der Waals surface area contributed by atoms with Crippen LogP contribution in [0.1, 0.15) is 16.1 Å². The van der Waals surface area contributed by atoms with Crippen LogP contribution in [-0.4, -0.2) is 23.3 Å². The Hall–Kier alpha value is -2.37. The van der Waals surface area contributed by atoms with E-state index in [0.29, 0.717) is 5.56 Å². The third kappa shape index (κ3) is 1.92. The van der Waals surface area contributed by atoms with E-state index in [9.17, 15) is 9.18 Å². The lowest BCUT2D eigenvalue weighted by Crippen LogP contribution is -1.95. The number of carbonyl (C=O) groups is 1. The van der Waals surface area contributed by atoms with Gasteiger partial charge in [0, 0.05) is 6.07 Å². The Morgan fingerprint density at radius 2 is 2.22 bits per heavy atom. The molecule has 1 heterocycles. The largest absolute Gasteiger partial charge is 0.496 e. The van der Waals surface area contributed by atoms with Gasteiger partial charge in [0.15, 0.2) is 0 Å². The summed E-state index contributed by atoms with van der Waals surface area (Å²) in [4.78, 5) is 10.7. The quantitative estimate of drug-likeness (QED) is 0.907. The predicted molar refractivity (Wildman–Crippen MR) is 60.1 cm³/mol. The summed E-state index contributed by atoms with van der Waals surface area (Å²) in [6.07, 6.45) is 0. The Balaban J connectivity index is 2.61. The van der Waals surface area contributed by atoms with Crippen molar-refractivity contribution in [2.75, 3.05) is 7.11 Å². The normalized spacial score (nSPS) is 10.4. The number of rotatable bonds is 3. The van der Waals surface area contributed by atoms with Crippen LogP contribution in [0.25, 0.3) is 11.3 Å². The zero-order valence-corrected chi connectivity index (χ0v) is 9.73. The number of hydrogen-bond acceptors (Lipinski definition) is 4. The third-order valence-electron chi connectivity index (χ3n) is 2.49. The molecule has 0 saturated carbocycles. The average Bonchev–Trinajstić information content (AvgIpc) is 2.81. The van der Waals surface area contributed by atoms with Crippen LogP contribution in [0.5, 0.6) is 5.75 Å². The highest BCUT2D eigenvalue weighted by molar-refractivity contribution is 5.86. The van der Waals surface area contributed by atoms with Gasteiger partial charge in [-0.05, 0) is 18.6 Å². The molecule has 1 aromatic heterocycles. The third-order valence-corrected chi connectivity index (χ3v) is 2.49. The smallest absolute Gasteiger partial charge is 0.374 e. The van der Waals surface area contributed by atoms with Gasteiger partial charge in [0.25, 0.3) is 0 Å². The first-order chi connectivity index (χ1) is 8.54. The second-order valence-corrected chi connectivity index (χ2v) is 3.66. The van der Waals surface area contributed by atoms with Crippen LogP contribution in [0.4, 0.5) is 4.39 Å². The van der Waals surface area contributed by atoms with E-state index in [1.165, 1.54) is 7.11 Å². The highest BCUT2D eigenvalue weighted by Crippen LogP contribution is 2.33. The highest BCUT2D eigenvalue weighted by atomic mass is 19.1. The fraction of sp³-hybridized carbons (Fsp3) is 0.167. The fourth-order valence-corrected chi connectivity index (χ4v) is 1.57. The number of carboxylic acids is 1. The summed E-state index contributed by atoms with van der Waals surface area (Å²) < 4.78 is 23.7. The van der Waals surface area contributed by atoms with Crippen LogP contribution in [-0.2, 0) is 0 Å². The number of carboxylic acid groups (broad SMARTS) is 1. The zero-order chi connectivity index (χ0) is 13.3. The van der Waals surface area contributed by atoms with E-state index in [1.807, 2.05) is 0 Å². The van der Waals surface area contributed by atoms with Crippen LogP contribution < -0.4 is 4.74 Å². The monoisotopic (exact) mass is 251 g/mol. The Morgan fingerprint density at radius 1 is 1.50 bits per heavy atom. The number of halogens is 1. The van der Waals surface area contributed by atoms with Gasteiger partial charge in [0.05, 0.1) is 12.7 Å². The first-order valence-electron chi connectivity index (χ1n) is 5.08. The number of nitrogens with zero attached hydrogens (tertiary/aromatic N) is 1. The minimum atomic E-state index is -1.26. The predicted octanol–water partition coefficient (Wildman–Crippen LogP) is 2.50. The van der Waals surface area contributed by atoms with Gasteiger partial charge in [0.1, 0.15) is 17.3 Å². The van der Waals surface area contributed by atoms with Crippen molar-refractivity contribution < 1.29 is 23.6 Å². The maximum absolute atomic E-state index is 14.0. The second-order valence-electron chi connectivity index (χ2n) is 3.66. The molecule has 0 aliphatic heterocycles. The van der Waals surface area contributed by atoms with Gasteiger partial charge in [-0.25, -0.2) is 9.18 Å². The van der Waals surface area contributed by atoms with Crippen molar-refractivity contribution in [1.29, 1.82) is 0 Å². The molecule has 1 N–H and O–H groups in total. The van der Waals surface area contributed by atoms with Crippen molar-refractivity contribution in [3.8, 4) is 17.0 Å². The molecular weight excluding hydrogens is 241 g/mol. The van der Waals surface area contributed by atoms with Crippen LogP contribution in [0.2, 0.25) is 0 Å². The Morgan fingerprint density at radius 3 is 2.78 bits per heavy atom. The molecule has 0 aliphatic rings. The fourth-order valence-electron chi connectivity index (χ4n) is 1.57. The molecule has 0 bridgehead atoms. The molecule has 0 spiro atoms. The molecule has 0 fully saturated rings. The van der Waals surface area contributed by atoms with Crippen molar-refractivity contribution >= 4 is 5.97 Å². The van der Waals surface area contributed by atoms with E-state index in [2.05, 4.69) is 9.68 Å². The first kappa shape index (κ1) is 12.1. The summed E-state index contributed by atoms with van der Waals surface area (Å²) in [6.45, 7) is 1.59. The maximum atomic E-state index is 14.0. The lowest BCUT2D eigenvalue weighted by Gasteiger charge is -2.08. The second kappa shape index (κ2) is 4.48. The van der Waals surface area contributed by atoms with Gasteiger partial charge in [0.2, 0.25) is 5.76 Å². The molecule has 0 amide bonds. The van der Waals surface area contributed by atoms with Gasteiger partial charge in [-0.1, -0.05) is 11.2 Å². The van der Waals surface area contributed by atoms with Crippen LogP contribution >= 0.6 is 0 Å². The molecule has 5 nitrogen and oxygen atoms in total. The molecule has 0 atom stereocenters. The van der Waals surface area contributed by atoms with Crippen LogP contribution in [0, 0.1) is 12.7 Å². The van der Waals surface area contributed by atoms with Gasteiger partial charge < -0.3 is 14.4 Å². The van der Waals surface area contributed by atoms with Crippen molar-refractivity contribution in [2.45, 2.75) is 6.92 Å². The summed E-state index contributed by atoms with van der Waals surface area (Å²) in [5.74, 6) is -1.86. The SMILES string of the molecule is COc1ccc(C)c(F)c1-c1cc(C(=O)O)on1. The van der Waals surface area contributed by atoms with E-state index in [1.54, 1.807) is 19.1 Å². The summed E-state index contributed by atoms with van der Waals surface area (Å²) in [6, 6.07) is 4.31. The Bertz CT molecular complexity index is 606. The van der Waals surface area contributed by atoms with Crippen molar-refractivity contribution in [3.05, 3.63) is 35.3 Å². The lowest BCUT2D eigenvalue weighted by molar-refractivity contribution is 0.0652. The topological polar surface area (TPSA) is 72.6 Å². The molecular formula is C12H10FNO4. The van der Waals surface area contributed by atoms with Gasteiger partial charge >= 0.3 is 5.97 Å². The van der Waals surface area contributed by atoms with Gasteiger partial charge in [-0.15, -0.1) is 0 Å². The molecule has 94 valence electrons. The molecule has 0 unspecified atom stereocenters. The zero-order valence-electron chi connectivity index (χ0n) is 9.73. The standard InChI is InChI=1S/C12H10FNO4/c1-6-3-4-8(17-2)10(11(6)13)7-5-9(12(15)16)18-14-7/h3-5H,1-2H3,(H,15,16). The molecule has 0 saturated heterocycles. The number of aromatic carboxylic acids is 1. The lowest BCUT2D eigenvalue weighted by atomic mass is 10.1. The van der Waals surface area contributed by atoms with Crippen molar-refractivity contribution in [3.63, 3.8) is 0 Å². The van der Waals surface area contributed by atoms with Crippen LogP contribution in [0.3, 0.4) is 0 Å². The van der Waals surface area contributed by atoms with E-state index >= 15 is 0 Å². The number of hydrogen-bond donors (Lipinski definition) is 1. The maximum Gasteiger partial charge on any atom is 0.374 e. The average molecular weight is 251 g/mol. The van der Waals surface area contributed by atoms with Gasteiger partial charge in [-0.3, -0.25) is 0 Å². The highest BCUT2D eigenvalue weighted by Gasteiger charge is 2.20. The molecule has 2 rings (SSSR count). The molecule has 18 heavy (non-hydrogen) atoms. The number of aryl methyl sites for hydroxylation is 1. The summed E-state index contributed by atoms with van der Waals surface area (Å²) in [5.41, 5.74) is 0.588.